The van der Waals surface area contributed by atoms with Crippen molar-refractivity contribution in [2.24, 2.45) is 0 Å². The Morgan fingerprint density at radius 1 is 1.21 bits per heavy atom. The van der Waals surface area contributed by atoms with E-state index in [4.69, 9.17) is 4.74 Å². The fourth-order valence-corrected chi connectivity index (χ4v) is 1.72. The molecule has 0 N–H and O–H groups in total. The molecule has 1 atom stereocenters. The Hall–Kier alpha value is -0.500. The molecule has 14 heavy (non-hydrogen) atoms. The van der Waals surface area contributed by atoms with E-state index >= 15 is 0 Å². The zero-order valence-electron chi connectivity index (χ0n) is 9.23. The fraction of sp³-hybridized carbons (Fsp3) is 0.500. The molecule has 0 saturated carbocycles. The summed E-state index contributed by atoms with van der Waals surface area (Å²) in [5.41, 5.74) is 3.73. The lowest BCUT2D eigenvalue weighted by molar-refractivity contribution is 0.245. The standard InChI is InChI=1S/C12H17BrO/c1-8-5-9(2)12(10(3)6-8)14-11(4)7-13/h5-6,11H,7H2,1-4H3. The summed E-state index contributed by atoms with van der Waals surface area (Å²) >= 11 is 3.41. The maximum Gasteiger partial charge on any atom is 0.125 e. The van der Waals surface area contributed by atoms with Gasteiger partial charge in [0.2, 0.25) is 0 Å². The molecular weight excluding hydrogens is 240 g/mol. The summed E-state index contributed by atoms with van der Waals surface area (Å²) < 4.78 is 5.83. The smallest absolute Gasteiger partial charge is 0.125 e. The van der Waals surface area contributed by atoms with E-state index in [1.807, 2.05) is 0 Å². The van der Waals surface area contributed by atoms with Crippen LogP contribution in [0.3, 0.4) is 0 Å². The van der Waals surface area contributed by atoms with Crippen LogP contribution in [-0.4, -0.2) is 11.4 Å². The summed E-state index contributed by atoms with van der Waals surface area (Å²) in [6.45, 7) is 8.36. The first-order chi connectivity index (χ1) is 6.54. The van der Waals surface area contributed by atoms with Crippen LogP contribution in [0, 0.1) is 20.8 Å². The first-order valence-electron chi connectivity index (χ1n) is 4.85. The Morgan fingerprint density at radius 3 is 2.14 bits per heavy atom. The number of alkyl halides is 1. The van der Waals surface area contributed by atoms with Gasteiger partial charge in [-0.15, -0.1) is 0 Å². The molecule has 1 nitrogen and oxygen atoms in total. The molecule has 0 fully saturated rings. The fourth-order valence-electron chi connectivity index (χ4n) is 1.59. The highest BCUT2D eigenvalue weighted by atomic mass is 79.9. The molecule has 0 heterocycles. The van der Waals surface area contributed by atoms with Crippen molar-refractivity contribution >= 4 is 15.9 Å². The van der Waals surface area contributed by atoms with Crippen LogP contribution in [0.5, 0.6) is 5.75 Å². The molecule has 2 heteroatoms. The lowest BCUT2D eigenvalue weighted by Crippen LogP contribution is -2.14. The Morgan fingerprint density at radius 2 is 1.71 bits per heavy atom. The number of ether oxygens (including phenoxy) is 1. The van der Waals surface area contributed by atoms with Gasteiger partial charge in [0.1, 0.15) is 11.9 Å². The highest BCUT2D eigenvalue weighted by Gasteiger charge is 2.08. The maximum absolute atomic E-state index is 5.83. The minimum atomic E-state index is 0.218. The normalized spacial score (nSPS) is 12.6. The van der Waals surface area contributed by atoms with Gasteiger partial charge in [-0.25, -0.2) is 0 Å². The van der Waals surface area contributed by atoms with Gasteiger partial charge < -0.3 is 4.74 Å². The molecule has 0 aromatic heterocycles. The maximum atomic E-state index is 5.83. The predicted octanol–water partition coefficient (Wildman–Crippen LogP) is 3.77. The van der Waals surface area contributed by atoms with Crippen molar-refractivity contribution < 1.29 is 4.74 Å². The summed E-state index contributed by atoms with van der Waals surface area (Å²) in [5, 5.41) is 0.861. The molecule has 0 aliphatic heterocycles. The first-order valence-corrected chi connectivity index (χ1v) is 5.97. The Kier molecular flexibility index (Phi) is 3.99. The van der Waals surface area contributed by atoms with Crippen molar-refractivity contribution in [1.29, 1.82) is 0 Å². The number of hydrogen-bond donors (Lipinski definition) is 0. The number of halogens is 1. The van der Waals surface area contributed by atoms with Crippen LogP contribution in [0.15, 0.2) is 12.1 Å². The van der Waals surface area contributed by atoms with Crippen molar-refractivity contribution in [3.8, 4) is 5.75 Å². The SMILES string of the molecule is Cc1cc(C)c(OC(C)CBr)c(C)c1. The Labute approximate surface area is 94.6 Å². The summed E-state index contributed by atoms with van der Waals surface area (Å²) in [7, 11) is 0. The predicted molar refractivity (Wildman–Crippen MR) is 64.5 cm³/mol. The third-order valence-electron chi connectivity index (χ3n) is 2.14. The van der Waals surface area contributed by atoms with Crippen molar-refractivity contribution in [2.75, 3.05) is 5.33 Å². The van der Waals surface area contributed by atoms with Crippen LogP contribution in [0.4, 0.5) is 0 Å². The lowest BCUT2D eigenvalue weighted by Gasteiger charge is -2.17. The highest BCUT2D eigenvalue weighted by molar-refractivity contribution is 9.09. The van der Waals surface area contributed by atoms with E-state index in [9.17, 15) is 0 Å². The summed E-state index contributed by atoms with van der Waals surface area (Å²) in [5.74, 6) is 1.03. The van der Waals surface area contributed by atoms with Gasteiger partial charge in [0.05, 0.1) is 0 Å². The molecular formula is C12H17BrO. The molecule has 1 rings (SSSR count). The summed E-state index contributed by atoms with van der Waals surface area (Å²) in [6.07, 6.45) is 0.218. The molecule has 78 valence electrons. The highest BCUT2D eigenvalue weighted by Crippen LogP contribution is 2.25. The van der Waals surface area contributed by atoms with Crippen LogP contribution in [0.2, 0.25) is 0 Å². The summed E-state index contributed by atoms with van der Waals surface area (Å²) in [6, 6.07) is 4.31. The zero-order chi connectivity index (χ0) is 10.7. The van der Waals surface area contributed by atoms with Gasteiger partial charge in [-0.05, 0) is 38.8 Å². The van der Waals surface area contributed by atoms with E-state index in [2.05, 4.69) is 55.8 Å². The van der Waals surface area contributed by atoms with E-state index in [0.717, 1.165) is 11.1 Å². The minimum absolute atomic E-state index is 0.218. The van der Waals surface area contributed by atoms with E-state index < -0.39 is 0 Å². The minimum Gasteiger partial charge on any atom is -0.489 e. The van der Waals surface area contributed by atoms with Crippen LogP contribution >= 0.6 is 15.9 Å². The molecule has 0 aliphatic rings. The second-order valence-corrected chi connectivity index (χ2v) is 4.46. The number of rotatable bonds is 3. The average molecular weight is 257 g/mol. The summed E-state index contributed by atoms with van der Waals surface area (Å²) in [4.78, 5) is 0. The molecule has 0 bridgehead atoms. The number of benzene rings is 1. The Bertz CT molecular complexity index is 297. The molecule has 1 aromatic carbocycles. The third kappa shape index (κ3) is 2.74. The second-order valence-electron chi connectivity index (χ2n) is 3.81. The molecule has 1 aromatic rings. The number of hydrogen-bond acceptors (Lipinski definition) is 1. The molecule has 0 radical (unpaired) electrons. The van der Waals surface area contributed by atoms with Crippen LogP contribution in [0.1, 0.15) is 23.6 Å². The van der Waals surface area contributed by atoms with Crippen molar-refractivity contribution in [3.63, 3.8) is 0 Å². The van der Waals surface area contributed by atoms with Gasteiger partial charge >= 0.3 is 0 Å². The topological polar surface area (TPSA) is 9.23 Å². The monoisotopic (exact) mass is 256 g/mol. The van der Waals surface area contributed by atoms with Crippen molar-refractivity contribution in [1.82, 2.24) is 0 Å². The zero-order valence-corrected chi connectivity index (χ0v) is 10.8. The molecule has 0 saturated heterocycles. The van der Waals surface area contributed by atoms with Gasteiger partial charge in [-0.3, -0.25) is 0 Å². The largest absolute Gasteiger partial charge is 0.489 e. The van der Waals surface area contributed by atoms with Gasteiger partial charge in [-0.1, -0.05) is 33.6 Å². The van der Waals surface area contributed by atoms with Crippen LogP contribution in [0.25, 0.3) is 0 Å². The Balaban J connectivity index is 2.96. The third-order valence-corrected chi connectivity index (χ3v) is 3.05. The van der Waals surface area contributed by atoms with Gasteiger partial charge in [-0.2, -0.15) is 0 Å². The average Bonchev–Trinajstić information content (AvgIpc) is 2.10. The van der Waals surface area contributed by atoms with Crippen LogP contribution < -0.4 is 4.74 Å². The van der Waals surface area contributed by atoms with E-state index in [1.54, 1.807) is 0 Å². The first kappa shape index (κ1) is 11.6. The van der Waals surface area contributed by atoms with Crippen molar-refractivity contribution in [3.05, 3.63) is 28.8 Å². The van der Waals surface area contributed by atoms with Crippen LogP contribution in [-0.2, 0) is 0 Å². The van der Waals surface area contributed by atoms with E-state index in [-0.39, 0.29) is 6.10 Å². The molecule has 1 unspecified atom stereocenters. The number of aryl methyl sites for hydroxylation is 3. The second kappa shape index (κ2) is 4.83. The van der Waals surface area contributed by atoms with E-state index in [0.29, 0.717) is 0 Å². The lowest BCUT2D eigenvalue weighted by atomic mass is 10.1. The molecule has 0 aliphatic carbocycles. The quantitative estimate of drug-likeness (QED) is 0.749. The van der Waals surface area contributed by atoms with Gasteiger partial charge in [0, 0.05) is 5.33 Å². The molecule has 0 amide bonds. The van der Waals surface area contributed by atoms with Gasteiger partial charge in [0.15, 0.2) is 0 Å². The van der Waals surface area contributed by atoms with E-state index in [1.165, 1.54) is 16.7 Å². The van der Waals surface area contributed by atoms with Crippen molar-refractivity contribution in [2.45, 2.75) is 33.8 Å². The molecule has 0 spiro atoms. The van der Waals surface area contributed by atoms with Gasteiger partial charge in [0.25, 0.3) is 0 Å².